The van der Waals surface area contributed by atoms with E-state index in [4.69, 9.17) is 51.9 Å². The van der Waals surface area contributed by atoms with Crippen LogP contribution in [-0.2, 0) is 19.3 Å². The predicted molar refractivity (Wildman–Crippen MR) is 390 cm³/mol. The number of aryl methyl sites for hydroxylation is 6. The van der Waals surface area contributed by atoms with Gasteiger partial charge in [-0.3, -0.25) is 38.4 Å². The summed E-state index contributed by atoms with van der Waals surface area (Å²) in [7, 11) is 0. The maximum absolute atomic E-state index is 16.3. The first kappa shape index (κ1) is 79.0. The Balaban J connectivity index is 0.00000105. The lowest BCUT2D eigenvalue weighted by molar-refractivity contribution is -0.0243. The maximum Gasteiger partial charge on any atom is 0.454 e. The van der Waals surface area contributed by atoms with Crippen molar-refractivity contribution in [2.75, 3.05) is 6.26 Å². The SMILES string of the molecule is CCc1ccc(C(=O)C(=[N+]=[N-])C(C(=[N+]=[N-])C(=O)c2cccc(CC)c2)c2c(C(=[N+]=[N-])C(=O)c3ccc(Cl)cc3C)c(Cl)c(C(=O)C(=[N+]=[N-])C(=[N+]=[N-])C(=O)c3ccc(SC)cc3)c(C(=[N+]=[N-])C(=O)c3ccccc3CC)c2C(=[N+]=[N-])C(=O)c2ccc(C)c(Cl)c2)cc1.Cc1cc(C(=O)C=[N+]=[N-])ccc1Cl. The van der Waals surface area contributed by atoms with Gasteiger partial charge in [0, 0.05) is 64.5 Å². The van der Waals surface area contributed by atoms with Crippen LogP contribution >= 0.6 is 58.2 Å². The lowest BCUT2D eigenvalue weighted by atomic mass is 9.72. The predicted octanol–water partition coefficient (Wildman–Crippen LogP) is 14.1. The molecule has 1 unspecified atom stereocenters. The highest BCUT2D eigenvalue weighted by Gasteiger charge is 2.57. The summed E-state index contributed by atoms with van der Waals surface area (Å²) < 4.78 is 0. The fraction of sp³-hybridized carbons (Fsp3) is 0.147. The molecule has 8 aromatic rings. The van der Waals surface area contributed by atoms with Gasteiger partial charge in [-0.25, -0.2) is 0 Å². The van der Waals surface area contributed by atoms with Crippen LogP contribution < -0.4 is 0 Å². The smallest absolute Gasteiger partial charge is 0.361 e. The van der Waals surface area contributed by atoms with Crippen LogP contribution in [0, 0.1) is 20.8 Å². The van der Waals surface area contributed by atoms with E-state index in [0.717, 1.165) is 23.9 Å². The normalized spacial score (nSPS) is 10.5. The van der Waals surface area contributed by atoms with Crippen molar-refractivity contribution >= 4 is 151 Å². The van der Waals surface area contributed by atoms with E-state index in [9.17, 15) is 48.3 Å². The summed E-state index contributed by atoms with van der Waals surface area (Å²) in [6, 6.07) is 34.5. The summed E-state index contributed by atoms with van der Waals surface area (Å²) in [6.45, 7) is 9.92. The number of benzene rings is 8. The van der Waals surface area contributed by atoms with Gasteiger partial charge in [0.25, 0.3) is 46.3 Å². The van der Waals surface area contributed by atoms with Crippen molar-refractivity contribution in [1.29, 1.82) is 0 Å². The number of thioether (sulfide) groups is 1. The van der Waals surface area contributed by atoms with Gasteiger partial charge in [0.1, 0.15) is 0 Å². The molecular formula is C75H54Cl4N16O8S. The molecule has 0 saturated heterocycles. The average Bonchev–Trinajstić information content (AvgIpc) is 0.711. The zero-order valence-electron chi connectivity index (χ0n) is 56.1. The Kier molecular flexibility index (Phi) is 27.2. The number of ketones is 8. The van der Waals surface area contributed by atoms with Crippen LogP contribution in [0.2, 0.25) is 20.1 Å². The Morgan fingerprint density at radius 1 is 0.413 bits per heavy atom. The first-order chi connectivity index (χ1) is 49.8. The van der Waals surface area contributed by atoms with E-state index in [1.54, 1.807) is 65.1 Å². The molecule has 8 aromatic carbocycles. The number of Topliss-reactive ketones (excluding diaryl/α,β-unsaturated/α-hetero) is 8. The Hall–Kier alpha value is -12.3. The summed E-state index contributed by atoms with van der Waals surface area (Å²) >= 11 is 27.7. The molecule has 0 saturated carbocycles. The van der Waals surface area contributed by atoms with Crippen LogP contribution in [0.15, 0.2) is 157 Å². The topological polar surface area (TPSA) is 428 Å². The molecule has 8 rings (SSSR count). The number of carbonyl (C=O) groups is 8. The van der Waals surface area contributed by atoms with Gasteiger partial charge in [0.2, 0.25) is 0 Å². The van der Waals surface area contributed by atoms with Crippen molar-refractivity contribution in [1.82, 2.24) is 0 Å². The summed E-state index contributed by atoms with van der Waals surface area (Å²) in [6.07, 6.45) is 3.39. The number of hydrogen-bond acceptors (Lipinski definition) is 9. The van der Waals surface area contributed by atoms with E-state index in [2.05, 4.69) is 38.3 Å². The fourth-order valence-corrected chi connectivity index (χ4v) is 12.3. The van der Waals surface area contributed by atoms with Crippen molar-refractivity contribution in [2.24, 2.45) is 0 Å². The zero-order chi connectivity index (χ0) is 76.4. The van der Waals surface area contributed by atoms with Crippen LogP contribution in [-0.4, -0.2) is 137 Å². The number of rotatable bonds is 27. The zero-order valence-corrected chi connectivity index (χ0v) is 59.9. The Bertz CT molecular complexity index is 5450. The molecule has 0 aliphatic heterocycles. The van der Waals surface area contributed by atoms with Crippen LogP contribution in [0.25, 0.3) is 44.2 Å². The van der Waals surface area contributed by atoms with Gasteiger partial charge in [-0.1, -0.05) is 146 Å². The van der Waals surface area contributed by atoms with Crippen molar-refractivity contribution in [3.63, 3.8) is 0 Å². The van der Waals surface area contributed by atoms with Gasteiger partial charge in [-0.15, -0.1) is 11.8 Å². The summed E-state index contributed by atoms with van der Waals surface area (Å²) in [5.41, 5.74) is 73.1. The van der Waals surface area contributed by atoms with E-state index in [1.807, 2.05) is 0 Å². The fourth-order valence-electron chi connectivity index (χ4n) is 11.0. The van der Waals surface area contributed by atoms with E-state index >= 15 is 28.8 Å². The summed E-state index contributed by atoms with van der Waals surface area (Å²) in [4.78, 5) is 147. The van der Waals surface area contributed by atoms with Crippen LogP contribution in [0.1, 0.15) is 165 Å². The van der Waals surface area contributed by atoms with Crippen LogP contribution in [0.4, 0.5) is 0 Å². The van der Waals surface area contributed by atoms with Gasteiger partial charge < -0.3 is 44.2 Å². The molecule has 0 radical (unpaired) electrons. The Labute approximate surface area is 617 Å². The van der Waals surface area contributed by atoms with E-state index < -0.39 is 125 Å². The molecule has 516 valence electrons. The molecule has 104 heavy (non-hydrogen) atoms. The van der Waals surface area contributed by atoms with Crippen molar-refractivity contribution in [3.05, 3.63) is 316 Å². The highest BCUT2D eigenvalue weighted by Crippen LogP contribution is 2.42. The average molecular weight is 1480 g/mol. The molecule has 1 atom stereocenters. The molecule has 0 heterocycles. The van der Waals surface area contributed by atoms with Gasteiger partial charge in [-0.05, 0) is 152 Å². The first-order valence-electron chi connectivity index (χ1n) is 31.0. The third kappa shape index (κ3) is 16.8. The van der Waals surface area contributed by atoms with Crippen molar-refractivity contribution in [2.45, 2.75) is 71.6 Å². The lowest BCUT2D eigenvalue weighted by Gasteiger charge is -2.21. The molecule has 0 fully saturated rings. The lowest BCUT2D eigenvalue weighted by Crippen LogP contribution is -2.41. The third-order valence-electron chi connectivity index (χ3n) is 16.4. The van der Waals surface area contributed by atoms with Gasteiger partial charge in [0.05, 0.1) is 27.3 Å². The van der Waals surface area contributed by atoms with Crippen LogP contribution in [0.5, 0.6) is 0 Å². The van der Waals surface area contributed by atoms with Crippen LogP contribution in [0.3, 0.4) is 0 Å². The Morgan fingerprint density at radius 2 is 0.952 bits per heavy atom. The van der Waals surface area contributed by atoms with Gasteiger partial charge in [0.15, 0.2) is 5.92 Å². The number of hydrogen-bond donors (Lipinski definition) is 0. The van der Waals surface area contributed by atoms with Crippen molar-refractivity contribution in [3.8, 4) is 0 Å². The minimum absolute atomic E-state index is 0.0504. The molecular weight excluding hydrogens is 1430 g/mol. The molecule has 29 heteroatoms. The summed E-state index contributed by atoms with van der Waals surface area (Å²) in [5.74, 6) is -13.4. The highest BCUT2D eigenvalue weighted by molar-refractivity contribution is 7.98. The quantitative estimate of drug-likeness (QED) is 0.0155. The minimum atomic E-state index is -2.83. The first-order valence-corrected chi connectivity index (χ1v) is 33.8. The van der Waals surface area contributed by atoms with E-state index in [0.29, 0.717) is 45.0 Å². The maximum atomic E-state index is 16.3. The second kappa shape index (κ2) is 35.8. The number of nitrogens with zero attached hydrogens (tertiary/aromatic N) is 16. The molecule has 0 spiro atoms. The van der Waals surface area contributed by atoms with Gasteiger partial charge in [-0.2, -0.15) is 38.3 Å². The molecule has 0 aromatic heterocycles. The number of halogens is 4. The summed E-state index contributed by atoms with van der Waals surface area (Å²) in [5, 5.41) is -0.748. The largest absolute Gasteiger partial charge is 0.454 e. The highest BCUT2D eigenvalue weighted by atomic mass is 35.5. The molecule has 0 N–H and O–H groups in total. The third-order valence-corrected chi connectivity index (χ3v) is 18.6. The number of carbonyl (C=O) groups excluding carboxylic acids is 8. The molecule has 0 aliphatic rings. The second-order valence-corrected chi connectivity index (χ2v) is 25.0. The Morgan fingerprint density at radius 3 is 1.50 bits per heavy atom. The van der Waals surface area contributed by atoms with Gasteiger partial charge >= 0.3 is 46.2 Å². The van der Waals surface area contributed by atoms with E-state index in [-0.39, 0.29) is 61.2 Å². The monoisotopic (exact) mass is 1480 g/mol. The van der Waals surface area contributed by atoms with Crippen molar-refractivity contribution < 1.29 is 76.7 Å². The molecule has 0 aliphatic carbocycles. The molecule has 0 bridgehead atoms. The standard InChI is InChI=1S/C66H47Cl3N14O7S.C9H7ClN2O/c1-7-34-18-21-37(22-19-34)60(84)56(80-73)51(57(81-74)62(86)39-15-12-13-35(8-2)30-39)46-47(53(77-70)63(87)40-20-17-32(4)45(68)31-40)48(54(78-71)65(89)44-16-11-10-14-36(44)9-3)50(52(69)49(46)55(79-72)64(88)43-28-25-41(67)29-33(43)5)66(90)59(83-76)58(82-75)61(85)38-23-26-42(91-6)27-24-38;1-6-4-7(2-3-8(6)10)9(13)5-12-11/h10-31,51H,7-9H2,1-6H3;2-5H,1H3. The second-order valence-electron chi connectivity index (χ2n) is 22.5. The molecule has 0 amide bonds. The molecule has 24 nitrogen and oxygen atoms in total. The minimum Gasteiger partial charge on any atom is -0.361 e. The van der Waals surface area contributed by atoms with E-state index in [1.165, 1.54) is 134 Å².